The van der Waals surface area contributed by atoms with Crippen molar-refractivity contribution in [1.82, 2.24) is 9.13 Å². The smallest absolute Gasteiger partial charge is 0.332 e. The van der Waals surface area contributed by atoms with E-state index in [4.69, 9.17) is 37.4 Å². The van der Waals surface area contributed by atoms with Gasteiger partial charge in [-0.05, 0) is 24.1 Å². The van der Waals surface area contributed by atoms with Crippen molar-refractivity contribution in [1.29, 1.82) is 0 Å². The Balaban J connectivity index is 1.61. The highest BCUT2D eigenvalue weighted by atomic mass is 35.5. The number of carbonyl (C=O) groups is 2. The molecule has 0 saturated heterocycles. The van der Waals surface area contributed by atoms with Gasteiger partial charge in [0, 0.05) is 48.3 Å². The van der Waals surface area contributed by atoms with Crippen molar-refractivity contribution in [3.8, 4) is 17.2 Å². The summed E-state index contributed by atoms with van der Waals surface area (Å²) in [5.41, 5.74) is -1.56. The number of anilines is 1. The van der Waals surface area contributed by atoms with E-state index < -0.39 is 40.3 Å². The van der Waals surface area contributed by atoms with Gasteiger partial charge < -0.3 is 19.5 Å². The lowest BCUT2D eigenvalue weighted by Gasteiger charge is -2.42. The van der Waals surface area contributed by atoms with Crippen molar-refractivity contribution in [3.05, 3.63) is 89.2 Å². The van der Waals surface area contributed by atoms with Crippen LogP contribution in [0.2, 0.25) is 10.0 Å². The number of hydrogen-bond donors (Lipinski definition) is 1. The number of fused-ring (bicyclic) bond motifs is 2. The zero-order chi connectivity index (χ0) is 29.5. The zero-order valence-corrected chi connectivity index (χ0v) is 24.3. The summed E-state index contributed by atoms with van der Waals surface area (Å²) in [5.74, 6) is -2.12. The second-order valence-corrected chi connectivity index (χ2v) is 11.2. The predicted molar refractivity (Wildman–Crippen MR) is 152 cm³/mol. The highest BCUT2D eigenvalue weighted by Gasteiger charge is 2.63. The minimum absolute atomic E-state index is 0.00244. The molecular formula is C29H25Cl2N3O7. The van der Waals surface area contributed by atoms with Gasteiger partial charge in [-0.15, -0.1) is 0 Å². The summed E-state index contributed by atoms with van der Waals surface area (Å²) < 4.78 is 19.5. The van der Waals surface area contributed by atoms with Gasteiger partial charge in [0.15, 0.2) is 5.75 Å². The molecule has 1 N–H and O–H groups in total. The van der Waals surface area contributed by atoms with Crippen molar-refractivity contribution in [2.45, 2.75) is 24.9 Å². The van der Waals surface area contributed by atoms with Crippen molar-refractivity contribution >= 4 is 40.6 Å². The van der Waals surface area contributed by atoms with Crippen molar-refractivity contribution < 1.29 is 23.8 Å². The number of halogens is 2. The first-order chi connectivity index (χ1) is 19.5. The molecule has 41 heavy (non-hydrogen) atoms. The summed E-state index contributed by atoms with van der Waals surface area (Å²) in [6.07, 6.45) is 0.199. The molecule has 3 aromatic rings. The Morgan fingerprint density at radius 1 is 0.976 bits per heavy atom. The SMILES string of the molecule is COc1cc(OC)c2c(c1Cl)O[C@@]1(C(=O)C3=C(C[C@H]1C)Nc1c(c(=O)n(C)c(=O)n1C)[C@H]3c1ccc(Cl)cc1)C2=O. The van der Waals surface area contributed by atoms with E-state index in [0.717, 1.165) is 4.57 Å². The molecule has 2 aliphatic heterocycles. The van der Waals surface area contributed by atoms with Crippen LogP contribution in [0.4, 0.5) is 5.82 Å². The number of Topliss-reactive ketones (excluding diaryl/α,β-unsaturated/α-hetero) is 2. The summed E-state index contributed by atoms with van der Waals surface area (Å²) in [6, 6.07) is 8.21. The van der Waals surface area contributed by atoms with Gasteiger partial charge in [-0.1, -0.05) is 42.3 Å². The average molecular weight is 598 g/mol. The van der Waals surface area contributed by atoms with E-state index in [9.17, 15) is 19.2 Å². The molecule has 1 aliphatic carbocycles. The lowest BCUT2D eigenvalue weighted by Crippen LogP contribution is -2.58. The molecule has 1 spiro atoms. The van der Waals surface area contributed by atoms with Gasteiger partial charge in [-0.25, -0.2) is 4.79 Å². The third-order valence-electron chi connectivity index (χ3n) is 8.28. The molecule has 2 aromatic carbocycles. The van der Waals surface area contributed by atoms with Crippen LogP contribution < -0.4 is 30.8 Å². The van der Waals surface area contributed by atoms with E-state index >= 15 is 0 Å². The lowest BCUT2D eigenvalue weighted by atomic mass is 9.66. The maximum absolute atomic E-state index is 14.8. The minimum Gasteiger partial charge on any atom is -0.496 e. The highest BCUT2D eigenvalue weighted by Crippen LogP contribution is 2.56. The van der Waals surface area contributed by atoms with Crippen LogP contribution in [-0.4, -0.2) is 40.5 Å². The van der Waals surface area contributed by atoms with E-state index in [-0.39, 0.29) is 51.2 Å². The van der Waals surface area contributed by atoms with Crippen LogP contribution >= 0.6 is 23.2 Å². The molecule has 3 aliphatic rings. The Kier molecular flexibility index (Phi) is 6.13. The average Bonchev–Trinajstić information content (AvgIpc) is 3.28. The van der Waals surface area contributed by atoms with Gasteiger partial charge in [0.25, 0.3) is 5.56 Å². The van der Waals surface area contributed by atoms with E-state index in [1.165, 1.54) is 31.9 Å². The van der Waals surface area contributed by atoms with Crippen LogP contribution in [0.1, 0.15) is 40.7 Å². The fourth-order valence-corrected chi connectivity index (χ4v) is 6.57. The third kappa shape index (κ3) is 3.50. The van der Waals surface area contributed by atoms with Gasteiger partial charge in [-0.2, -0.15) is 0 Å². The number of allylic oxidation sites excluding steroid dienone is 1. The van der Waals surface area contributed by atoms with E-state index in [1.807, 2.05) is 0 Å². The summed E-state index contributed by atoms with van der Waals surface area (Å²) in [4.78, 5) is 55.5. The number of carbonyl (C=O) groups excluding carboxylic acids is 2. The highest BCUT2D eigenvalue weighted by molar-refractivity contribution is 6.36. The normalized spacial score (nSPS) is 22.6. The first-order valence-corrected chi connectivity index (χ1v) is 13.5. The first kappa shape index (κ1) is 27.2. The summed E-state index contributed by atoms with van der Waals surface area (Å²) in [6.45, 7) is 1.74. The molecule has 3 atom stereocenters. The lowest BCUT2D eigenvalue weighted by molar-refractivity contribution is -0.130. The van der Waals surface area contributed by atoms with Crippen molar-refractivity contribution in [2.24, 2.45) is 20.0 Å². The van der Waals surface area contributed by atoms with Gasteiger partial charge in [0.05, 0.1) is 19.8 Å². The number of nitrogens with one attached hydrogen (secondary N) is 1. The zero-order valence-electron chi connectivity index (χ0n) is 22.8. The Morgan fingerprint density at radius 3 is 2.27 bits per heavy atom. The van der Waals surface area contributed by atoms with Crippen LogP contribution in [0.15, 0.2) is 51.2 Å². The third-order valence-corrected chi connectivity index (χ3v) is 8.89. The van der Waals surface area contributed by atoms with Gasteiger partial charge in [-0.3, -0.25) is 23.5 Å². The number of benzene rings is 2. The molecular weight excluding hydrogens is 573 g/mol. The summed E-state index contributed by atoms with van der Waals surface area (Å²) >= 11 is 12.8. The predicted octanol–water partition coefficient (Wildman–Crippen LogP) is 3.84. The van der Waals surface area contributed by atoms with Gasteiger partial charge >= 0.3 is 5.69 Å². The summed E-state index contributed by atoms with van der Waals surface area (Å²) in [7, 11) is 5.74. The number of nitrogens with zero attached hydrogens (tertiary/aromatic N) is 2. The number of rotatable bonds is 3. The summed E-state index contributed by atoms with van der Waals surface area (Å²) in [5, 5.41) is 3.69. The van der Waals surface area contributed by atoms with Crippen LogP contribution in [0.5, 0.6) is 17.2 Å². The van der Waals surface area contributed by atoms with Crippen molar-refractivity contribution in [3.63, 3.8) is 0 Å². The Labute approximate surface area is 244 Å². The Bertz CT molecular complexity index is 1840. The van der Waals surface area contributed by atoms with Crippen LogP contribution in [0.3, 0.4) is 0 Å². The quantitative estimate of drug-likeness (QED) is 0.452. The molecule has 0 bridgehead atoms. The van der Waals surface area contributed by atoms with Crippen LogP contribution in [0, 0.1) is 5.92 Å². The molecule has 1 aromatic heterocycles. The molecule has 0 radical (unpaired) electrons. The van der Waals surface area contributed by atoms with Crippen molar-refractivity contribution in [2.75, 3.05) is 19.5 Å². The number of hydrogen-bond acceptors (Lipinski definition) is 8. The molecule has 0 unspecified atom stereocenters. The van der Waals surface area contributed by atoms with Crippen LogP contribution in [0.25, 0.3) is 0 Å². The molecule has 12 heteroatoms. The van der Waals surface area contributed by atoms with Crippen LogP contribution in [-0.2, 0) is 18.9 Å². The number of ether oxygens (including phenoxy) is 3. The maximum Gasteiger partial charge on any atom is 0.332 e. The fraction of sp³-hybridized carbons (Fsp3) is 0.310. The van der Waals surface area contributed by atoms with E-state index in [2.05, 4.69) is 5.32 Å². The second-order valence-electron chi connectivity index (χ2n) is 10.4. The Hall–Kier alpha value is -4.02. The molecule has 0 fully saturated rings. The monoisotopic (exact) mass is 597 g/mol. The molecule has 212 valence electrons. The van der Waals surface area contributed by atoms with E-state index in [0.29, 0.717) is 16.3 Å². The molecule has 0 saturated carbocycles. The largest absolute Gasteiger partial charge is 0.496 e. The van der Waals surface area contributed by atoms with Gasteiger partial charge in [0.1, 0.15) is 27.9 Å². The molecule has 10 nitrogen and oxygen atoms in total. The second kappa shape index (κ2) is 9.25. The number of ketones is 2. The molecule has 0 amide bonds. The molecule has 3 heterocycles. The number of aromatic nitrogens is 2. The first-order valence-electron chi connectivity index (χ1n) is 12.8. The standard InChI is InChI=1S/C29H25Cl2N3O7/c1-12-10-15-19(24(35)29(12)25(36)20-16(39-4)11-17(40-5)22(31)23(20)41-29)18(13-6-8-14(30)9-7-13)21-26(32-15)33(2)28(38)34(3)27(21)37/h6-9,11-12,18,32H,10H2,1-5H3/t12-,18+,29+/m1/s1. The van der Waals surface area contributed by atoms with E-state index in [1.54, 1.807) is 38.2 Å². The molecule has 6 rings (SSSR count). The Morgan fingerprint density at radius 2 is 1.63 bits per heavy atom. The number of methoxy groups -OCH3 is 2. The maximum atomic E-state index is 14.8. The fourth-order valence-electron chi connectivity index (χ4n) is 6.18. The topological polar surface area (TPSA) is 118 Å². The minimum atomic E-state index is -1.97. The van der Waals surface area contributed by atoms with Gasteiger partial charge in [0.2, 0.25) is 17.2 Å².